The second kappa shape index (κ2) is 11.4. The van der Waals surface area contributed by atoms with Gasteiger partial charge >= 0.3 is 0 Å². The van der Waals surface area contributed by atoms with Crippen LogP contribution in [0.1, 0.15) is 18.1 Å². The van der Waals surface area contributed by atoms with E-state index in [9.17, 15) is 9.59 Å². The standard InChI is InChI=1S/C22H27N3O6/c1-14(24-20(26)12-15-6-8-17(28-2)9-7-15)22(27)25-23-13-16-10-18(29-3)21(31-5)19(11-16)30-4/h6-11,13-14H,12H2,1-5H3,(H,24,26)(H,25,27). The normalized spacial score (nSPS) is 11.5. The van der Waals surface area contributed by atoms with Gasteiger partial charge in [0.2, 0.25) is 11.7 Å². The number of carbonyl (C=O) groups excluding carboxylic acids is 2. The Balaban J connectivity index is 1.92. The number of benzene rings is 2. The van der Waals surface area contributed by atoms with Crippen molar-refractivity contribution in [1.82, 2.24) is 10.7 Å². The first-order valence-electron chi connectivity index (χ1n) is 9.47. The molecule has 9 nitrogen and oxygen atoms in total. The first-order chi connectivity index (χ1) is 14.9. The predicted octanol–water partition coefficient (Wildman–Crippen LogP) is 1.92. The zero-order chi connectivity index (χ0) is 22.8. The van der Waals surface area contributed by atoms with E-state index in [1.54, 1.807) is 50.4 Å². The van der Waals surface area contributed by atoms with Gasteiger partial charge in [-0.2, -0.15) is 5.10 Å². The molecule has 0 radical (unpaired) electrons. The molecule has 31 heavy (non-hydrogen) atoms. The number of rotatable bonds is 10. The monoisotopic (exact) mass is 429 g/mol. The van der Waals surface area contributed by atoms with Crippen molar-refractivity contribution in [2.45, 2.75) is 19.4 Å². The van der Waals surface area contributed by atoms with Crippen molar-refractivity contribution >= 4 is 18.0 Å². The molecule has 0 bridgehead atoms. The van der Waals surface area contributed by atoms with Crippen LogP contribution in [-0.2, 0) is 16.0 Å². The third-order valence-corrected chi connectivity index (χ3v) is 4.37. The van der Waals surface area contributed by atoms with Gasteiger partial charge in [0.25, 0.3) is 5.91 Å². The number of hydrogen-bond donors (Lipinski definition) is 2. The summed E-state index contributed by atoms with van der Waals surface area (Å²) in [6.07, 6.45) is 1.59. The molecule has 9 heteroatoms. The van der Waals surface area contributed by atoms with Crippen molar-refractivity contribution in [3.8, 4) is 23.0 Å². The fourth-order valence-electron chi connectivity index (χ4n) is 2.73. The van der Waals surface area contributed by atoms with Crippen molar-refractivity contribution in [3.63, 3.8) is 0 Å². The Morgan fingerprint density at radius 2 is 1.58 bits per heavy atom. The lowest BCUT2D eigenvalue weighted by molar-refractivity contribution is -0.128. The summed E-state index contributed by atoms with van der Waals surface area (Å²) in [4.78, 5) is 24.4. The Bertz CT molecular complexity index is 902. The fourth-order valence-corrected chi connectivity index (χ4v) is 2.73. The highest BCUT2D eigenvalue weighted by atomic mass is 16.5. The second-order valence-electron chi connectivity index (χ2n) is 6.51. The molecule has 0 aromatic heterocycles. The molecule has 0 fully saturated rings. The van der Waals surface area contributed by atoms with Crippen LogP contribution in [0.4, 0.5) is 0 Å². The molecule has 0 saturated heterocycles. The van der Waals surface area contributed by atoms with Gasteiger partial charge in [0.15, 0.2) is 11.5 Å². The van der Waals surface area contributed by atoms with Crippen LogP contribution in [0.25, 0.3) is 0 Å². The van der Waals surface area contributed by atoms with Crippen LogP contribution in [0.3, 0.4) is 0 Å². The lowest BCUT2D eigenvalue weighted by Crippen LogP contribution is -2.43. The van der Waals surface area contributed by atoms with Crippen LogP contribution in [0.5, 0.6) is 23.0 Å². The molecule has 0 heterocycles. The molecule has 0 saturated carbocycles. The van der Waals surface area contributed by atoms with Gasteiger partial charge < -0.3 is 24.3 Å². The van der Waals surface area contributed by atoms with E-state index in [-0.39, 0.29) is 12.3 Å². The minimum atomic E-state index is -0.761. The molecule has 2 amide bonds. The number of hydrazone groups is 1. The highest BCUT2D eigenvalue weighted by molar-refractivity contribution is 5.89. The van der Waals surface area contributed by atoms with Gasteiger partial charge in [-0.3, -0.25) is 9.59 Å². The second-order valence-corrected chi connectivity index (χ2v) is 6.51. The van der Waals surface area contributed by atoms with Gasteiger partial charge in [-0.15, -0.1) is 0 Å². The number of hydrogen-bond acceptors (Lipinski definition) is 7. The summed E-state index contributed by atoms with van der Waals surface area (Å²) in [7, 11) is 6.11. The van der Waals surface area contributed by atoms with Crippen LogP contribution < -0.4 is 29.7 Å². The number of nitrogens with zero attached hydrogens (tertiary/aromatic N) is 1. The van der Waals surface area contributed by atoms with E-state index in [0.717, 1.165) is 5.56 Å². The first kappa shape index (κ1) is 23.5. The minimum absolute atomic E-state index is 0.149. The van der Waals surface area contributed by atoms with Crippen LogP contribution in [0.2, 0.25) is 0 Å². The molecular weight excluding hydrogens is 402 g/mol. The summed E-state index contributed by atoms with van der Waals surface area (Å²) in [6.45, 7) is 1.58. The molecule has 0 spiro atoms. The number of ether oxygens (including phenoxy) is 4. The van der Waals surface area contributed by atoms with Crippen molar-refractivity contribution < 1.29 is 28.5 Å². The van der Waals surface area contributed by atoms with E-state index in [0.29, 0.717) is 28.6 Å². The average Bonchev–Trinajstić information content (AvgIpc) is 2.78. The third-order valence-electron chi connectivity index (χ3n) is 4.37. The quantitative estimate of drug-likeness (QED) is 0.441. The van der Waals surface area contributed by atoms with E-state index < -0.39 is 11.9 Å². The Kier molecular flexibility index (Phi) is 8.68. The molecular formula is C22H27N3O6. The number of carbonyl (C=O) groups is 2. The Hall–Kier alpha value is -3.75. The smallest absolute Gasteiger partial charge is 0.262 e. The fraction of sp³-hybridized carbons (Fsp3) is 0.318. The molecule has 0 aliphatic heterocycles. The maximum absolute atomic E-state index is 12.2. The summed E-state index contributed by atoms with van der Waals surface area (Å²) in [5.41, 5.74) is 3.85. The van der Waals surface area contributed by atoms with E-state index >= 15 is 0 Å². The largest absolute Gasteiger partial charge is 0.497 e. The average molecular weight is 429 g/mol. The number of amides is 2. The summed E-state index contributed by atoms with van der Waals surface area (Å²) in [5.74, 6) is 1.37. The van der Waals surface area contributed by atoms with Gasteiger partial charge in [0.1, 0.15) is 11.8 Å². The van der Waals surface area contributed by atoms with Gasteiger partial charge in [-0.25, -0.2) is 5.43 Å². The lowest BCUT2D eigenvalue weighted by Gasteiger charge is -2.13. The molecule has 0 aliphatic carbocycles. The minimum Gasteiger partial charge on any atom is -0.497 e. The maximum Gasteiger partial charge on any atom is 0.262 e. The Labute approximate surface area is 181 Å². The summed E-state index contributed by atoms with van der Waals surface area (Å²) >= 11 is 0. The van der Waals surface area contributed by atoms with E-state index in [4.69, 9.17) is 18.9 Å². The van der Waals surface area contributed by atoms with Crippen molar-refractivity contribution in [2.24, 2.45) is 5.10 Å². The van der Waals surface area contributed by atoms with Gasteiger partial charge in [-0.1, -0.05) is 12.1 Å². The highest BCUT2D eigenvalue weighted by Crippen LogP contribution is 2.37. The first-order valence-corrected chi connectivity index (χ1v) is 9.47. The SMILES string of the molecule is COc1ccc(CC(=O)NC(C)C(=O)NN=Cc2cc(OC)c(OC)c(OC)c2)cc1. The van der Waals surface area contributed by atoms with Crippen LogP contribution >= 0.6 is 0 Å². The zero-order valence-corrected chi connectivity index (χ0v) is 18.2. The number of methoxy groups -OCH3 is 4. The van der Waals surface area contributed by atoms with Crippen LogP contribution in [0, 0.1) is 0 Å². The molecule has 2 rings (SSSR count). The van der Waals surface area contributed by atoms with Crippen molar-refractivity contribution in [3.05, 3.63) is 47.5 Å². The molecule has 1 unspecified atom stereocenters. The van der Waals surface area contributed by atoms with E-state index in [2.05, 4.69) is 15.8 Å². The van der Waals surface area contributed by atoms with Crippen molar-refractivity contribution in [1.29, 1.82) is 0 Å². The van der Waals surface area contributed by atoms with Gasteiger partial charge in [0, 0.05) is 5.56 Å². The van der Waals surface area contributed by atoms with Crippen LogP contribution in [0.15, 0.2) is 41.5 Å². The summed E-state index contributed by atoms with van der Waals surface area (Å²) < 4.78 is 20.9. The Morgan fingerprint density at radius 3 is 2.10 bits per heavy atom. The Morgan fingerprint density at radius 1 is 0.968 bits per heavy atom. The topological polar surface area (TPSA) is 107 Å². The predicted molar refractivity (Wildman–Crippen MR) is 116 cm³/mol. The number of nitrogens with one attached hydrogen (secondary N) is 2. The van der Waals surface area contributed by atoms with Crippen molar-refractivity contribution in [2.75, 3.05) is 28.4 Å². The van der Waals surface area contributed by atoms with Gasteiger partial charge in [-0.05, 0) is 36.8 Å². The molecule has 1 atom stereocenters. The molecule has 2 N–H and O–H groups in total. The summed E-state index contributed by atoms with van der Waals surface area (Å²) in [5, 5.41) is 6.58. The third kappa shape index (κ3) is 6.63. The molecule has 2 aromatic rings. The molecule has 166 valence electrons. The zero-order valence-electron chi connectivity index (χ0n) is 18.2. The highest BCUT2D eigenvalue weighted by Gasteiger charge is 2.16. The van der Waals surface area contributed by atoms with Gasteiger partial charge in [0.05, 0.1) is 41.1 Å². The van der Waals surface area contributed by atoms with E-state index in [1.165, 1.54) is 27.5 Å². The van der Waals surface area contributed by atoms with Crippen LogP contribution in [-0.4, -0.2) is 52.5 Å². The van der Waals surface area contributed by atoms with E-state index in [1.807, 2.05) is 0 Å². The molecule has 0 aliphatic rings. The molecule has 2 aromatic carbocycles. The maximum atomic E-state index is 12.2. The summed E-state index contributed by atoms with van der Waals surface area (Å²) in [6, 6.07) is 9.76. The lowest BCUT2D eigenvalue weighted by atomic mass is 10.1.